The molecule has 1 aromatic rings. The first-order chi connectivity index (χ1) is 24.5. The minimum absolute atomic E-state index is 0.0845. The summed E-state index contributed by atoms with van der Waals surface area (Å²) >= 11 is 0. The van der Waals surface area contributed by atoms with Gasteiger partial charge in [-0.05, 0) is 76.0 Å². The van der Waals surface area contributed by atoms with E-state index in [0.717, 1.165) is 37.8 Å². The van der Waals surface area contributed by atoms with Gasteiger partial charge in [-0.25, -0.2) is 4.68 Å². The molecule has 0 aliphatic heterocycles. The molecule has 7 unspecified atom stereocenters. The Hall–Kier alpha value is -2.62. The molecule has 53 heavy (non-hydrogen) atoms. The van der Waals surface area contributed by atoms with Gasteiger partial charge in [-0.15, -0.1) is 5.10 Å². The smallest absolute Gasteiger partial charge is 0.242 e. The van der Waals surface area contributed by atoms with Crippen LogP contribution in [0.25, 0.3) is 0 Å². The molecule has 14 heteroatoms. The van der Waals surface area contributed by atoms with Crippen LogP contribution in [-0.2, 0) is 21.5 Å². The Bertz CT molecular complexity index is 1230. The van der Waals surface area contributed by atoms with E-state index < -0.39 is 48.4 Å². The van der Waals surface area contributed by atoms with Crippen molar-refractivity contribution < 1.29 is 40.2 Å². The van der Waals surface area contributed by atoms with Gasteiger partial charge in [-0.1, -0.05) is 73.1 Å². The third-order valence-electron chi connectivity index (χ3n) is 9.99. The van der Waals surface area contributed by atoms with E-state index in [1.807, 2.05) is 17.8 Å². The fourth-order valence-electron chi connectivity index (χ4n) is 6.11. The van der Waals surface area contributed by atoms with Gasteiger partial charge in [0.15, 0.2) is 0 Å². The van der Waals surface area contributed by atoms with Crippen LogP contribution in [0, 0.1) is 16.7 Å². The zero-order chi connectivity index (χ0) is 40.6. The van der Waals surface area contributed by atoms with Crippen LogP contribution in [0.2, 0.25) is 0 Å². The summed E-state index contributed by atoms with van der Waals surface area (Å²) in [5.41, 5.74) is 1.19. The normalized spacial score (nSPS) is 16.6. The summed E-state index contributed by atoms with van der Waals surface area (Å²) in [7, 11) is 0. The quantitative estimate of drug-likeness (QED) is 0.0636. The number of aliphatic hydroxyl groups excluding tert-OH is 6. The SMILES string of the molecule is C=C(CCC(NC(=O)CCC(C)(C)CCCC(C)(C)n1cc(CC(C)(C)C)nn1)C(=O)NCC(O)C(C)C(O)CCC)NCC(O)C(O)C(O)CCO. The van der Waals surface area contributed by atoms with Gasteiger partial charge in [-0.2, -0.15) is 0 Å². The molecule has 2 amide bonds. The van der Waals surface area contributed by atoms with E-state index in [2.05, 4.69) is 81.3 Å². The largest absolute Gasteiger partial charge is 0.396 e. The Morgan fingerprint density at radius 3 is 2.09 bits per heavy atom. The highest BCUT2D eigenvalue weighted by molar-refractivity contribution is 5.87. The molecule has 0 saturated heterocycles. The monoisotopic (exact) mass is 755 g/mol. The van der Waals surface area contributed by atoms with Crippen LogP contribution in [0.3, 0.4) is 0 Å². The summed E-state index contributed by atoms with van der Waals surface area (Å²) in [5, 5.41) is 77.3. The van der Waals surface area contributed by atoms with E-state index >= 15 is 0 Å². The summed E-state index contributed by atoms with van der Waals surface area (Å²) in [6.07, 6.45) is 2.22. The van der Waals surface area contributed by atoms with Crippen molar-refractivity contribution in [3.63, 3.8) is 0 Å². The first-order valence-corrected chi connectivity index (χ1v) is 19.4. The van der Waals surface area contributed by atoms with Crippen molar-refractivity contribution in [2.24, 2.45) is 16.7 Å². The van der Waals surface area contributed by atoms with Gasteiger partial charge in [0.2, 0.25) is 11.8 Å². The van der Waals surface area contributed by atoms with Crippen LogP contribution in [-0.4, -0.2) is 114 Å². The molecule has 7 atom stereocenters. The molecule has 308 valence electrons. The third kappa shape index (κ3) is 19.0. The minimum Gasteiger partial charge on any atom is -0.396 e. The number of aromatic nitrogens is 3. The number of rotatable bonds is 27. The molecule has 0 radical (unpaired) electrons. The zero-order valence-electron chi connectivity index (χ0n) is 34.1. The zero-order valence-corrected chi connectivity index (χ0v) is 34.1. The fraction of sp³-hybridized carbons (Fsp3) is 0.846. The number of nitrogens with one attached hydrogen (secondary N) is 3. The topological polar surface area (TPSA) is 222 Å². The first kappa shape index (κ1) is 48.4. The summed E-state index contributed by atoms with van der Waals surface area (Å²) in [4.78, 5) is 26.6. The highest BCUT2D eigenvalue weighted by Crippen LogP contribution is 2.32. The lowest BCUT2D eigenvalue weighted by Gasteiger charge is -2.29. The summed E-state index contributed by atoms with van der Waals surface area (Å²) in [6.45, 7) is 22.1. The Labute approximate surface area is 318 Å². The summed E-state index contributed by atoms with van der Waals surface area (Å²) in [5.74, 6) is -1.22. The summed E-state index contributed by atoms with van der Waals surface area (Å²) < 4.78 is 1.95. The number of amides is 2. The van der Waals surface area contributed by atoms with Crippen LogP contribution in [0.4, 0.5) is 0 Å². The Morgan fingerprint density at radius 1 is 0.849 bits per heavy atom. The van der Waals surface area contributed by atoms with E-state index in [9.17, 15) is 35.1 Å². The maximum Gasteiger partial charge on any atom is 0.242 e. The number of hydrogen-bond acceptors (Lipinski definition) is 11. The van der Waals surface area contributed by atoms with Crippen LogP contribution < -0.4 is 16.0 Å². The van der Waals surface area contributed by atoms with Gasteiger partial charge in [0.1, 0.15) is 12.1 Å². The van der Waals surface area contributed by atoms with Gasteiger partial charge < -0.3 is 46.6 Å². The van der Waals surface area contributed by atoms with Crippen molar-refractivity contribution in [2.45, 2.75) is 175 Å². The second-order valence-electron chi connectivity index (χ2n) is 17.5. The summed E-state index contributed by atoms with van der Waals surface area (Å²) in [6, 6.07) is -0.944. The second-order valence-corrected chi connectivity index (χ2v) is 17.5. The van der Waals surface area contributed by atoms with E-state index in [-0.39, 0.29) is 67.7 Å². The number of carbonyl (C=O) groups is 2. The fourth-order valence-corrected chi connectivity index (χ4v) is 6.11. The lowest BCUT2D eigenvalue weighted by Crippen LogP contribution is -2.49. The van der Waals surface area contributed by atoms with E-state index in [1.54, 1.807) is 6.92 Å². The lowest BCUT2D eigenvalue weighted by molar-refractivity contribution is -0.129. The number of aliphatic hydroxyl groups is 6. The van der Waals surface area contributed by atoms with E-state index in [1.165, 1.54) is 0 Å². The van der Waals surface area contributed by atoms with E-state index in [4.69, 9.17) is 5.11 Å². The van der Waals surface area contributed by atoms with Crippen molar-refractivity contribution in [3.05, 3.63) is 24.2 Å². The lowest BCUT2D eigenvalue weighted by atomic mass is 9.81. The molecule has 0 aliphatic rings. The highest BCUT2D eigenvalue weighted by Gasteiger charge is 2.29. The molecular formula is C39H74N6O8. The molecule has 14 nitrogen and oxygen atoms in total. The number of allylic oxidation sites excluding steroid dienone is 1. The van der Waals surface area contributed by atoms with Crippen LogP contribution >= 0.6 is 0 Å². The Kier molecular flexibility index (Phi) is 20.7. The number of hydrogen-bond donors (Lipinski definition) is 9. The molecule has 0 fully saturated rings. The average molecular weight is 755 g/mol. The Morgan fingerprint density at radius 2 is 1.49 bits per heavy atom. The molecule has 9 N–H and O–H groups in total. The molecule has 1 rings (SSSR count). The van der Waals surface area contributed by atoms with Crippen LogP contribution in [0.5, 0.6) is 0 Å². The van der Waals surface area contributed by atoms with Crippen molar-refractivity contribution >= 4 is 11.8 Å². The molecule has 0 spiro atoms. The molecule has 0 aliphatic carbocycles. The van der Waals surface area contributed by atoms with Crippen molar-refractivity contribution in [3.8, 4) is 0 Å². The van der Waals surface area contributed by atoms with Gasteiger partial charge >= 0.3 is 0 Å². The standard InChI is InChI=1S/C39H74N6O8/c1-11-13-30(47)27(3)32(49)23-41-36(53)29(15-14-26(2)40-24-33(50)35(52)31(48)17-21-46)42-34(51)16-20-38(7,8)18-12-19-39(9,10)45-25-28(43-44-45)22-37(4,5)6/h25,27,29-33,35,40,46-50,52H,2,11-24H2,1,3-10H3,(H,41,53)(H,42,51). The molecule has 1 aromatic heterocycles. The van der Waals surface area contributed by atoms with Gasteiger partial charge in [0.05, 0.1) is 35.6 Å². The number of carbonyl (C=O) groups excluding carboxylic acids is 2. The molecular weight excluding hydrogens is 680 g/mol. The van der Waals surface area contributed by atoms with Crippen LogP contribution in [0.1, 0.15) is 132 Å². The first-order valence-electron chi connectivity index (χ1n) is 19.4. The average Bonchev–Trinajstić information content (AvgIpc) is 3.54. The van der Waals surface area contributed by atoms with Crippen molar-refractivity contribution in [2.75, 3.05) is 19.7 Å². The highest BCUT2D eigenvalue weighted by atomic mass is 16.4. The van der Waals surface area contributed by atoms with Crippen LogP contribution in [0.15, 0.2) is 18.5 Å². The van der Waals surface area contributed by atoms with Gasteiger partial charge in [-0.3, -0.25) is 9.59 Å². The molecule has 0 aromatic carbocycles. The maximum atomic E-state index is 13.3. The minimum atomic E-state index is -1.47. The predicted molar refractivity (Wildman–Crippen MR) is 206 cm³/mol. The van der Waals surface area contributed by atoms with Gasteiger partial charge in [0.25, 0.3) is 0 Å². The molecule has 0 saturated carbocycles. The molecule has 1 heterocycles. The Balaban J connectivity index is 2.81. The molecule has 0 bridgehead atoms. The predicted octanol–water partition coefficient (Wildman–Crippen LogP) is 2.69. The number of nitrogens with zero attached hydrogens (tertiary/aromatic N) is 3. The van der Waals surface area contributed by atoms with Crippen molar-refractivity contribution in [1.29, 1.82) is 0 Å². The van der Waals surface area contributed by atoms with Crippen molar-refractivity contribution in [1.82, 2.24) is 30.9 Å². The van der Waals surface area contributed by atoms with Gasteiger partial charge in [0, 0.05) is 43.9 Å². The van der Waals surface area contributed by atoms with E-state index in [0.29, 0.717) is 18.5 Å². The second kappa shape index (κ2) is 22.7. The third-order valence-corrected chi connectivity index (χ3v) is 9.99. The maximum absolute atomic E-state index is 13.3.